The predicted octanol–water partition coefficient (Wildman–Crippen LogP) is 6.59. The highest BCUT2D eigenvalue weighted by atomic mass is 35.5. The summed E-state index contributed by atoms with van der Waals surface area (Å²) >= 11 is 12.1. The molecular weight excluding hydrogens is 718 g/mol. The molecule has 3 aromatic rings. The van der Waals surface area contributed by atoms with E-state index in [1.54, 1.807) is 61.5 Å². The van der Waals surface area contributed by atoms with Crippen molar-refractivity contribution in [1.82, 2.24) is 30.2 Å². The molecule has 2 aliphatic rings. The lowest BCUT2D eigenvalue weighted by atomic mass is 9.75. The summed E-state index contributed by atoms with van der Waals surface area (Å²) in [4.78, 5) is 51.2. The summed E-state index contributed by atoms with van der Waals surface area (Å²) < 4.78 is 32.6. The van der Waals surface area contributed by atoms with E-state index >= 15 is 4.79 Å². The van der Waals surface area contributed by atoms with Crippen LogP contribution in [0, 0.1) is 5.41 Å². The number of alkyl halides is 2. The van der Waals surface area contributed by atoms with Crippen molar-refractivity contribution in [2.45, 2.75) is 64.2 Å². The Morgan fingerprint density at radius 2 is 1.90 bits per heavy atom. The zero-order valence-electron chi connectivity index (χ0n) is 29.1. The summed E-state index contributed by atoms with van der Waals surface area (Å²) in [6.07, 6.45) is 3.57. The molecule has 276 valence electrons. The SMILES string of the molecule is CN(C)/C=N/C(=S)c1cc(C(COC(=O)NC2CC2)N2C(=O)[C@@](CC(C)(C)C)(c3ccc(-c4cnn(C(F)F)c4)cc3)NC2=NC(=O)O)ccc1Cl. The second-order valence-corrected chi connectivity index (χ2v) is 14.8. The lowest BCUT2D eigenvalue weighted by molar-refractivity contribution is -0.134. The van der Waals surface area contributed by atoms with Gasteiger partial charge in [-0.05, 0) is 53.5 Å². The van der Waals surface area contributed by atoms with E-state index in [0.717, 1.165) is 12.8 Å². The van der Waals surface area contributed by atoms with Crippen LogP contribution in [0.25, 0.3) is 11.1 Å². The molecule has 13 nitrogen and oxygen atoms in total. The van der Waals surface area contributed by atoms with Gasteiger partial charge in [0.1, 0.15) is 17.1 Å². The van der Waals surface area contributed by atoms with Gasteiger partial charge >= 0.3 is 18.7 Å². The Labute approximate surface area is 309 Å². The van der Waals surface area contributed by atoms with E-state index in [0.29, 0.717) is 32.5 Å². The molecule has 2 aromatic carbocycles. The molecule has 5 rings (SSSR count). The molecule has 1 saturated heterocycles. The number of ether oxygens (including phenoxy) is 1. The number of benzene rings is 2. The summed E-state index contributed by atoms with van der Waals surface area (Å²) in [5.74, 6) is -0.855. The highest BCUT2D eigenvalue weighted by Crippen LogP contribution is 2.43. The maximum Gasteiger partial charge on any atom is 0.434 e. The minimum absolute atomic E-state index is 0.00800. The fraction of sp³-hybridized carbons (Fsp3) is 0.400. The number of guanidine groups is 1. The van der Waals surface area contributed by atoms with Gasteiger partial charge in [0.25, 0.3) is 5.91 Å². The van der Waals surface area contributed by atoms with E-state index in [1.807, 2.05) is 20.8 Å². The van der Waals surface area contributed by atoms with Crippen molar-refractivity contribution in [3.63, 3.8) is 0 Å². The highest BCUT2D eigenvalue weighted by molar-refractivity contribution is 7.80. The van der Waals surface area contributed by atoms with Crippen molar-refractivity contribution in [2.24, 2.45) is 15.4 Å². The number of halogens is 3. The molecule has 2 atom stereocenters. The van der Waals surface area contributed by atoms with Crippen LogP contribution >= 0.6 is 23.8 Å². The number of aliphatic imine (C=N–C) groups is 2. The van der Waals surface area contributed by atoms with E-state index in [2.05, 4.69) is 25.7 Å². The second kappa shape index (κ2) is 15.3. The van der Waals surface area contributed by atoms with Crippen molar-refractivity contribution in [3.8, 4) is 11.1 Å². The average molecular weight is 757 g/mol. The zero-order chi connectivity index (χ0) is 38.0. The number of carbonyl (C=O) groups excluding carboxylic acids is 2. The van der Waals surface area contributed by atoms with Gasteiger partial charge in [-0.1, -0.05) is 74.9 Å². The third kappa shape index (κ3) is 8.91. The van der Waals surface area contributed by atoms with Gasteiger partial charge in [0.05, 0.1) is 23.6 Å². The molecule has 17 heteroatoms. The topological polar surface area (TPSA) is 154 Å². The lowest BCUT2D eigenvalue weighted by Gasteiger charge is -2.35. The number of nitrogens with zero attached hydrogens (tertiary/aromatic N) is 6. The Balaban J connectivity index is 1.62. The third-order valence-corrected chi connectivity index (χ3v) is 8.90. The highest BCUT2D eigenvalue weighted by Gasteiger charge is 2.55. The molecule has 1 aromatic heterocycles. The van der Waals surface area contributed by atoms with E-state index in [9.17, 15) is 23.5 Å². The van der Waals surface area contributed by atoms with Crippen molar-refractivity contribution in [3.05, 3.63) is 76.6 Å². The summed E-state index contributed by atoms with van der Waals surface area (Å²) in [5, 5.41) is 19.8. The quantitative estimate of drug-likeness (QED) is 0.112. The van der Waals surface area contributed by atoms with Gasteiger partial charge in [-0.2, -0.15) is 13.9 Å². The molecule has 1 unspecified atom stereocenters. The van der Waals surface area contributed by atoms with Gasteiger partial charge in [-0.3, -0.25) is 9.69 Å². The van der Waals surface area contributed by atoms with Gasteiger partial charge in [0.2, 0.25) is 5.96 Å². The van der Waals surface area contributed by atoms with Crippen LogP contribution in [0.1, 0.15) is 69.3 Å². The molecule has 1 saturated carbocycles. The molecule has 2 fully saturated rings. The maximum atomic E-state index is 15.1. The molecule has 1 aliphatic heterocycles. The largest absolute Gasteiger partial charge is 0.463 e. The Morgan fingerprint density at radius 1 is 1.21 bits per heavy atom. The van der Waals surface area contributed by atoms with Crippen LogP contribution in [0.4, 0.5) is 18.4 Å². The van der Waals surface area contributed by atoms with Crippen LogP contribution in [-0.4, -0.2) is 86.8 Å². The molecule has 3 amide bonds. The number of thiocarbonyl (C=S) groups is 1. The van der Waals surface area contributed by atoms with Gasteiger partial charge in [0.15, 0.2) is 0 Å². The molecule has 0 spiro atoms. The number of aromatic nitrogens is 2. The van der Waals surface area contributed by atoms with Crippen molar-refractivity contribution >= 4 is 59.2 Å². The predicted molar refractivity (Wildman–Crippen MR) is 196 cm³/mol. The maximum absolute atomic E-state index is 15.1. The Kier molecular flexibility index (Phi) is 11.3. The zero-order valence-corrected chi connectivity index (χ0v) is 30.7. The molecule has 0 bridgehead atoms. The lowest BCUT2D eigenvalue weighted by Crippen LogP contribution is -2.47. The van der Waals surface area contributed by atoms with Gasteiger partial charge in [0, 0.05) is 37.5 Å². The van der Waals surface area contributed by atoms with Crippen molar-refractivity contribution in [1.29, 1.82) is 0 Å². The summed E-state index contributed by atoms with van der Waals surface area (Å²) in [6, 6.07) is 10.4. The number of alkyl carbamates (subject to hydrolysis) is 1. The molecule has 2 heterocycles. The minimum Gasteiger partial charge on any atom is -0.463 e. The number of hydrogen-bond acceptors (Lipinski definition) is 6. The van der Waals surface area contributed by atoms with E-state index < -0.39 is 48.2 Å². The number of rotatable bonds is 11. The van der Waals surface area contributed by atoms with Crippen LogP contribution in [-0.2, 0) is 15.1 Å². The van der Waals surface area contributed by atoms with Crippen LogP contribution in [0.15, 0.2) is 64.8 Å². The van der Waals surface area contributed by atoms with Crippen LogP contribution < -0.4 is 10.6 Å². The van der Waals surface area contributed by atoms with Gasteiger partial charge in [-0.25, -0.2) is 19.3 Å². The van der Waals surface area contributed by atoms with Crippen molar-refractivity contribution < 1.29 is 33.0 Å². The van der Waals surface area contributed by atoms with Crippen LogP contribution in [0.2, 0.25) is 5.02 Å². The van der Waals surface area contributed by atoms with Crippen molar-refractivity contribution in [2.75, 3.05) is 20.7 Å². The number of nitrogens with one attached hydrogen (secondary N) is 2. The summed E-state index contributed by atoms with van der Waals surface area (Å²) in [7, 11) is 3.55. The van der Waals surface area contributed by atoms with Crippen LogP contribution in [0.5, 0.6) is 0 Å². The van der Waals surface area contributed by atoms with Gasteiger partial charge in [-0.15, -0.1) is 4.99 Å². The monoisotopic (exact) mass is 756 g/mol. The fourth-order valence-electron chi connectivity index (χ4n) is 5.88. The number of amides is 3. The Morgan fingerprint density at radius 3 is 2.48 bits per heavy atom. The molecule has 0 radical (unpaired) electrons. The smallest absolute Gasteiger partial charge is 0.434 e. The standard InChI is InChI=1S/C35H39ClF2N8O5S/c1-34(2,3)18-35(23-9-6-20(7-10-23)22-15-40-45(16-22)30(37)38)29(47)46(31(43-35)42-32(48)49)27(17-51-33(50)41-24-11-12-24)21-8-13-26(36)25(14-21)28(52)39-19-44(4)5/h6-10,13-16,19,24,27,30H,11-12,17-18H2,1-5H3,(H,41,50)(H,42,43)(H,48,49)/b39-19+/t27?,35-/m1/s1. The van der Waals surface area contributed by atoms with Crippen LogP contribution in [0.3, 0.4) is 0 Å². The number of carboxylic acid groups (broad SMARTS) is 1. The molecule has 1 aliphatic carbocycles. The number of carbonyl (C=O) groups is 3. The van der Waals surface area contributed by atoms with E-state index in [4.69, 9.17) is 28.6 Å². The first-order valence-electron chi connectivity index (χ1n) is 16.3. The first-order valence-corrected chi connectivity index (χ1v) is 17.1. The normalized spacial score (nSPS) is 18.9. The first-order chi connectivity index (χ1) is 24.5. The average Bonchev–Trinajstić information content (AvgIpc) is 3.65. The summed E-state index contributed by atoms with van der Waals surface area (Å²) in [6.45, 7) is 2.58. The summed E-state index contributed by atoms with van der Waals surface area (Å²) in [5.41, 5.74) is 0.163. The molecule has 52 heavy (non-hydrogen) atoms. The Hall–Kier alpha value is -4.96. The second-order valence-electron chi connectivity index (χ2n) is 14.0. The Bertz CT molecular complexity index is 1910. The number of hydrogen-bond donors (Lipinski definition) is 3. The first kappa shape index (κ1) is 38.3. The van der Waals surface area contributed by atoms with E-state index in [-0.39, 0.29) is 28.4 Å². The van der Waals surface area contributed by atoms with E-state index in [1.165, 1.54) is 23.6 Å². The van der Waals surface area contributed by atoms with Gasteiger partial charge < -0.3 is 25.4 Å². The molecule has 3 N–H and O–H groups in total. The minimum atomic E-state index is -2.81. The molecular formula is C35H39ClF2N8O5S. The third-order valence-electron chi connectivity index (χ3n) is 8.24. The fourth-order valence-corrected chi connectivity index (χ4v) is 6.36.